The van der Waals surface area contributed by atoms with Gasteiger partial charge in [-0.15, -0.1) is 0 Å². The van der Waals surface area contributed by atoms with Crippen LogP contribution < -0.4 is 0 Å². The fourth-order valence-electron chi connectivity index (χ4n) is 4.76. The summed E-state index contributed by atoms with van der Waals surface area (Å²) in [5.41, 5.74) is 2.42. The molecular formula is C21H24N6O2. The van der Waals surface area contributed by atoms with E-state index in [-0.39, 0.29) is 23.9 Å². The number of carbonyl (C=O) groups excluding carboxylic acids is 1. The topological polar surface area (TPSA) is 89.9 Å². The van der Waals surface area contributed by atoms with Gasteiger partial charge in [-0.2, -0.15) is 10.1 Å². The van der Waals surface area contributed by atoms with Crippen LogP contribution in [0, 0.1) is 6.92 Å². The van der Waals surface area contributed by atoms with Crippen molar-refractivity contribution >= 4 is 5.91 Å². The molecule has 3 atom stereocenters. The summed E-state index contributed by atoms with van der Waals surface area (Å²) in [6.45, 7) is 4.70. The zero-order valence-electron chi connectivity index (χ0n) is 16.7. The number of hydrogen-bond acceptors (Lipinski definition) is 6. The van der Waals surface area contributed by atoms with E-state index >= 15 is 0 Å². The highest BCUT2D eigenvalue weighted by molar-refractivity contribution is 5.95. The van der Waals surface area contributed by atoms with Crippen molar-refractivity contribution < 1.29 is 9.32 Å². The third kappa shape index (κ3) is 3.12. The van der Waals surface area contributed by atoms with Crippen LogP contribution in [0.4, 0.5) is 0 Å². The third-order valence-electron chi connectivity index (χ3n) is 6.20. The SMILES string of the molecule is CCn1cc(C(=O)N2[C@@H]3CC[C@H]2CC(c2nc(-c4ccncc4)no2)C3)c(C)n1. The van der Waals surface area contributed by atoms with Crippen LogP contribution in [-0.4, -0.2) is 47.8 Å². The fraction of sp³-hybridized carbons (Fsp3) is 0.476. The molecule has 5 rings (SSSR count). The van der Waals surface area contributed by atoms with Crippen molar-refractivity contribution in [3.05, 3.63) is 47.9 Å². The summed E-state index contributed by atoms with van der Waals surface area (Å²) < 4.78 is 7.43. The van der Waals surface area contributed by atoms with Crippen LogP contribution >= 0.6 is 0 Å². The van der Waals surface area contributed by atoms with E-state index in [1.807, 2.05) is 36.9 Å². The van der Waals surface area contributed by atoms with E-state index in [0.717, 1.165) is 49.0 Å². The number of carbonyl (C=O) groups is 1. The number of rotatable bonds is 4. The molecule has 1 unspecified atom stereocenters. The minimum Gasteiger partial charge on any atom is -0.339 e. The standard InChI is InChI=1S/C21H24N6O2/c1-3-26-12-18(13(2)24-26)21(28)27-16-4-5-17(27)11-15(10-16)20-23-19(25-29-20)14-6-8-22-9-7-14/h6-9,12,15-17H,3-5,10-11H2,1-2H3/t15?,16-,17+. The third-order valence-corrected chi connectivity index (χ3v) is 6.20. The first-order valence-electron chi connectivity index (χ1n) is 10.2. The molecule has 0 aromatic carbocycles. The van der Waals surface area contributed by atoms with Crippen molar-refractivity contribution in [2.24, 2.45) is 0 Å². The average Bonchev–Trinajstić information content (AvgIpc) is 3.44. The molecule has 0 spiro atoms. The monoisotopic (exact) mass is 392 g/mol. The van der Waals surface area contributed by atoms with Gasteiger partial charge in [-0.1, -0.05) is 5.16 Å². The van der Waals surface area contributed by atoms with Crippen LogP contribution in [0.3, 0.4) is 0 Å². The van der Waals surface area contributed by atoms with Crippen LogP contribution in [0.1, 0.15) is 60.5 Å². The van der Waals surface area contributed by atoms with Crippen LogP contribution in [0.5, 0.6) is 0 Å². The zero-order valence-corrected chi connectivity index (χ0v) is 16.7. The molecule has 2 aliphatic heterocycles. The second-order valence-corrected chi connectivity index (χ2v) is 7.94. The Kier molecular flexibility index (Phi) is 4.41. The van der Waals surface area contributed by atoms with Gasteiger partial charge < -0.3 is 9.42 Å². The van der Waals surface area contributed by atoms with Gasteiger partial charge in [-0.3, -0.25) is 14.5 Å². The van der Waals surface area contributed by atoms with E-state index in [2.05, 4.69) is 25.1 Å². The van der Waals surface area contributed by atoms with E-state index < -0.39 is 0 Å². The van der Waals surface area contributed by atoms with E-state index in [4.69, 9.17) is 4.52 Å². The number of amides is 1. The lowest BCUT2D eigenvalue weighted by atomic mass is 9.90. The van der Waals surface area contributed by atoms with Crippen molar-refractivity contribution in [3.63, 3.8) is 0 Å². The first-order valence-corrected chi connectivity index (χ1v) is 10.2. The van der Waals surface area contributed by atoms with Crippen molar-refractivity contribution in [1.29, 1.82) is 0 Å². The lowest BCUT2D eigenvalue weighted by molar-refractivity contribution is 0.0554. The van der Waals surface area contributed by atoms with E-state index in [0.29, 0.717) is 11.7 Å². The molecule has 3 aromatic heterocycles. The number of piperidine rings is 1. The molecule has 3 aromatic rings. The Morgan fingerprint density at radius 1 is 1.21 bits per heavy atom. The van der Waals surface area contributed by atoms with Crippen molar-refractivity contribution in [3.8, 4) is 11.4 Å². The summed E-state index contributed by atoms with van der Waals surface area (Å²) >= 11 is 0. The van der Waals surface area contributed by atoms with Gasteiger partial charge in [0.1, 0.15) is 0 Å². The van der Waals surface area contributed by atoms with Gasteiger partial charge >= 0.3 is 0 Å². The molecule has 0 radical (unpaired) electrons. The number of fused-ring (bicyclic) bond motifs is 2. The molecule has 8 heteroatoms. The molecule has 0 aliphatic carbocycles. The molecule has 2 aliphatic rings. The van der Waals surface area contributed by atoms with Crippen LogP contribution in [-0.2, 0) is 6.54 Å². The summed E-state index contributed by atoms with van der Waals surface area (Å²) in [5.74, 6) is 1.57. The Bertz CT molecular complexity index is 1010. The first kappa shape index (κ1) is 18.0. The summed E-state index contributed by atoms with van der Waals surface area (Å²) in [6, 6.07) is 4.18. The molecular weight excluding hydrogens is 368 g/mol. The highest BCUT2D eigenvalue weighted by atomic mass is 16.5. The maximum absolute atomic E-state index is 13.3. The van der Waals surface area contributed by atoms with E-state index in [1.54, 1.807) is 12.4 Å². The molecule has 2 bridgehead atoms. The summed E-state index contributed by atoms with van der Waals surface area (Å²) in [5, 5.41) is 8.59. The van der Waals surface area contributed by atoms with Gasteiger partial charge in [-0.25, -0.2) is 0 Å². The van der Waals surface area contributed by atoms with Gasteiger partial charge in [0.15, 0.2) is 0 Å². The second-order valence-electron chi connectivity index (χ2n) is 7.94. The zero-order chi connectivity index (χ0) is 20.0. The molecule has 5 heterocycles. The van der Waals surface area contributed by atoms with Crippen LogP contribution in [0.25, 0.3) is 11.4 Å². The Labute approximate surface area is 168 Å². The van der Waals surface area contributed by atoms with Gasteiger partial charge in [0, 0.05) is 48.7 Å². The van der Waals surface area contributed by atoms with Crippen LogP contribution in [0.2, 0.25) is 0 Å². The molecule has 2 fully saturated rings. The number of aryl methyl sites for hydroxylation is 2. The van der Waals surface area contributed by atoms with Gasteiger partial charge in [0.25, 0.3) is 5.91 Å². The molecule has 8 nitrogen and oxygen atoms in total. The number of pyridine rings is 1. The average molecular weight is 392 g/mol. The van der Waals surface area contributed by atoms with Gasteiger partial charge in [0.2, 0.25) is 11.7 Å². The smallest absolute Gasteiger partial charge is 0.257 e. The molecule has 0 N–H and O–H groups in total. The number of hydrogen-bond donors (Lipinski definition) is 0. The lowest BCUT2D eigenvalue weighted by Gasteiger charge is -2.37. The van der Waals surface area contributed by atoms with Crippen molar-refractivity contribution in [2.75, 3.05) is 0 Å². The molecule has 29 heavy (non-hydrogen) atoms. The number of aromatic nitrogens is 5. The first-order chi connectivity index (χ1) is 14.1. The quantitative estimate of drug-likeness (QED) is 0.677. The van der Waals surface area contributed by atoms with Gasteiger partial charge in [-0.05, 0) is 51.7 Å². The van der Waals surface area contributed by atoms with Crippen molar-refractivity contribution in [1.82, 2.24) is 29.8 Å². The Hall–Kier alpha value is -3.03. The predicted octanol–water partition coefficient (Wildman–Crippen LogP) is 3.21. The maximum Gasteiger partial charge on any atom is 0.257 e. The van der Waals surface area contributed by atoms with E-state index in [1.165, 1.54) is 0 Å². The highest BCUT2D eigenvalue weighted by Gasteiger charge is 2.45. The second kappa shape index (κ2) is 7.09. The largest absolute Gasteiger partial charge is 0.339 e. The normalized spacial score (nSPS) is 23.5. The summed E-state index contributed by atoms with van der Waals surface area (Å²) in [4.78, 5) is 24.0. The molecule has 1 amide bonds. The highest BCUT2D eigenvalue weighted by Crippen LogP contribution is 2.43. The van der Waals surface area contributed by atoms with E-state index in [9.17, 15) is 4.79 Å². The molecule has 2 saturated heterocycles. The predicted molar refractivity (Wildman–Crippen MR) is 105 cm³/mol. The molecule has 0 saturated carbocycles. The summed E-state index contributed by atoms with van der Waals surface area (Å²) in [6.07, 6.45) is 9.10. The van der Waals surface area contributed by atoms with Gasteiger partial charge in [0.05, 0.1) is 11.3 Å². The van der Waals surface area contributed by atoms with Crippen molar-refractivity contribution in [2.45, 2.75) is 64.1 Å². The minimum atomic E-state index is 0.108. The maximum atomic E-state index is 13.3. The van der Waals surface area contributed by atoms with Crippen LogP contribution in [0.15, 0.2) is 35.2 Å². The summed E-state index contributed by atoms with van der Waals surface area (Å²) in [7, 11) is 0. The molecule has 150 valence electrons. The number of nitrogens with zero attached hydrogens (tertiary/aromatic N) is 6. The fourth-order valence-corrected chi connectivity index (χ4v) is 4.76. The Morgan fingerprint density at radius 2 is 1.93 bits per heavy atom. The lowest BCUT2D eigenvalue weighted by Crippen LogP contribution is -2.46. The Balaban J connectivity index is 1.34. The Morgan fingerprint density at radius 3 is 2.59 bits per heavy atom. The minimum absolute atomic E-state index is 0.108.